The molecule has 0 saturated heterocycles. The topological polar surface area (TPSA) is 114 Å². The molecule has 3 rings (SSSR count). The van der Waals surface area contributed by atoms with Crippen molar-refractivity contribution in [3.63, 3.8) is 0 Å². The number of benzene rings is 2. The third-order valence-electron chi connectivity index (χ3n) is 6.21. The fraction of sp³-hybridized carbons (Fsp3) is 0.481. The van der Waals surface area contributed by atoms with Crippen molar-refractivity contribution in [3.8, 4) is 17.2 Å². The lowest BCUT2D eigenvalue weighted by Crippen LogP contribution is -2.52. The lowest BCUT2D eigenvalue weighted by molar-refractivity contribution is -0.140. The number of sulfonamides is 1. The van der Waals surface area contributed by atoms with Gasteiger partial charge in [-0.2, -0.15) is 0 Å². The Morgan fingerprint density at radius 2 is 1.74 bits per heavy atom. The summed E-state index contributed by atoms with van der Waals surface area (Å²) in [7, 11) is -2.28. The molecule has 0 radical (unpaired) electrons. The van der Waals surface area contributed by atoms with Crippen LogP contribution in [0.2, 0.25) is 0 Å². The molecule has 2 aromatic carbocycles. The van der Waals surface area contributed by atoms with Gasteiger partial charge in [-0.3, -0.25) is 13.9 Å². The molecular weight excluding hydrogens is 510 g/mol. The van der Waals surface area contributed by atoms with E-state index in [1.165, 1.54) is 11.8 Å². The second-order valence-corrected chi connectivity index (χ2v) is 11.6. The molecule has 1 N–H and O–H groups in total. The minimum Gasteiger partial charge on any atom is -0.497 e. The SMILES string of the molecule is CC[C@H](C(=O)NCC(C)C)N(Cc1ccc(OC)cc1)C(=O)CN(c1ccc2c(c1)OCO2)S(=O)(=O)CC. The normalized spacial score (nSPS) is 13.2. The zero-order chi connectivity index (χ0) is 27.9. The van der Waals surface area contributed by atoms with E-state index in [-0.39, 0.29) is 36.6 Å². The highest BCUT2D eigenvalue weighted by Crippen LogP contribution is 2.36. The Balaban J connectivity index is 1.95. The fourth-order valence-corrected chi connectivity index (χ4v) is 5.08. The van der Waals surface area contributed by atoms with Crippen molar-refractivity contribution < 1.29 is 32.2 Å². The molecule has 1 heterocycles. The Labute approximate surface area is 224 Å². The summed E-state index contributed by atoms with van der Waals surface area (Å²) in [5.41, 5.74) is 1.06. The van der Waals surface area contributed by atoms with Crippen molar-refractivity contribution in [2.45, 2.75) is 46.7 Å². The Morgan fingerprint density at radius 1 is 1.05 bits per heavy atom. The van der Waals surface area contributed by atoms with Crippen LogP contribution in [-0.2, 0) is 26.2 Å². The van der Waals surface area contributed by atoms with Crippen LogP contribution in [-0.4, -0.2) is 63.9 Å². The minimum atomic E-state index is -3.84. The molecule has 0 saturated carbocycles. The molecule has 208 valence electrons. The standard InChI is InChI=1S/C27H37N3O7S/c1-6-23(27(32)28-15-19(3)4)29(16-20-8-11-22(35-5)12-9-20)26(31)17-30(38(33,34)7-2)21-10-13-24-25(14-21)37-18-36-24/h8-14,19,23H,6-7,15-18H2,1-5H3,(H,28,32)/t23-/m1/s1. The summed E-state index contributed by atoms with van der Waals surface area (Å²) < 4.78 is 43.3. The first kappa shape index (κ1) is 29.1. The van der Waals surface area contributed by atoms with E-state index in [0.29, 0.717) is 30.2 Å². The monoisotopic (exact) mass is 547 g/mol. The highest BCUT2D eigenvalue weighted by atomic mass is 32.2. The maximum absolute atomic E-state index is 13.9. The number of ether oxygens (including phenoxy) is 3. The lowest BCUT2D eigenvalue weighted by atomic mass is 10.1. The Kier molecular flexibility index (Phi) is 9.84. The molecule has 2 aromatic rings. The van der Waals surface area contributed by atoms with Crippen molar-refractivity contribution in [1.29, 1.82) is 0 Å². The maximum atomic E-state index is 13.9. The van der Waals surface area contributed by atoms with Gasteiger partial charge in [0.1, 0.15) is 18.3 Å². The molecule has 0 spiro atoms. The fourth-order valence-electron chi connectivity index (χ4n) is 4.03. The van der Waals surface area contributed by atoms with Crippen molar-refractivity contribution in [3.05, 3.63) is 48.0 Å². The minimum absolute atomic E-state index is 0.0392. The van der Waals surface area contributed by atoms with Crippen molar-refractivity contribution in [1.82, 2.24) is 10.2 Å². The summed E-state index contributed by atoms with van der Waals surface area (Å²) in [6.45, 7) is 7.47. The van der Waals surface area contributed by atoms with Gasteiger partial charge in [-0.1, -0.05) is 32.9 Å². The first-order valence-corrected chi connectivity index (χ1v) is 14.3. The molecule has 11 heteroatoms. The van der Waals surface area contributed by atoms with Crippen LogP contribution < -0.4 is 23.8 Å². The number of amides is 2. The number of anilines is 1. The summed E-state index contributed by atoms with van der Waals surface area (Å²) >= 11 is 0. The Morgan fingerprint density at radius 3 is 2.34 bits per heavy atom. The molecule has 1 aliphatic heterocycles. The number of nitrogens with one attached hydrogen (secondary N) is 1. The number of rotatable bonds is 13. The number of carbonyl (C=O) groups excluding carboxylic acids is 2. The first-order valence-electron chi connectivity index (χ1n) is 12.7. The van der Waals surface area contributed by atoms with Crippen LogP contribution in [0.5, 0.6) is 17.2 Å². The van der Waals surface area contributed by atoms with Crippen molar-refractivity contribution >= 4 is 27.5 Å². The van der Waals surface area contributed by atoms with Gasteiger partial charge in [0.2, 0.25) is 28.6 Å². The zero-order valence-corrected chi connectivity index (χ0v) is 23.4. The second-order valence-electron chi connectivity index (χ2n) is 9.38. The number of methoxy groups -OCH3 is 1. The number of nitrogens with zero attached hydrogens (tertiary/aromatic N) is 2. The lowest BCUT2D eigenvalue weighted by Gasteiger charge is -2.33. The quantitative estimate of drug-likeness (QED) is 0.410. The summed E-state index contributed by atoms with van der Waals surface area (Å²) in [6, 6.07) is 11.1. The van der Waals surface area contributed by atoms with E-state index in [0.717, 1.165) is 9.87 Å². The van der Waals surface area contributed by atoms with Gasteiger partial charge in [0.05, 0.1) is 18.6 Å². The van der Waals surface area contributed by atoms with Gasteiger partial charge in [-0.15, -0.1) is 0 Å². The van der Waals surface area contributed by atoms with E-state index in [9.17, 15) is 18.0 Å². The van der Waals surface area contributed by atoms with Crippen LogP contribution in [0, 0.1) is 5.92 Å². The average molecular weight is 548 g/mol. The van der Waals surface area contributed by atoms with E-state index in [4.69, 9.17) is 14.2 Å². The van der Waals surface area contributed by atoms with Crippen LogP contribution in [0.4, 0.5) is 5.69 Å². The molecule has 0 aromatic heterocycles. The van der Waals surface area contributed by atoms with Crippen LogP contribution in [0.3, 0.4) is 0 Å². The van der Waals surface area contributed by atoms with Gasteiger partial charge in [0, 0.05) is 19.2 Å². The molecule has 0 bridgehead atoms. The third-order valence-corrected chi connectivity index (χ3v) is 7.95. The second kappa shape index (κ2) is 12.9. The zero-order valence-electron chi connectivity index (χ0n) is 22.6. The largest absolute Gasteiger partial charge is 0.497 e. The van der Waals surface area contributed by atoms with Crippen LogP contribution in [0.25, 0.3) is 0 Å². The molecule has 1 atom stereocenters. The molecule has 1 aliphatic rings. The van der Waals surface area contributed by atoms with E-state index in [1.807, 2.05) is 32.9 Å². The van der Waals surface area contributed by atoms with Crippen LogP contribution in [0.15, 0.2) is 42.5 Å². The molecule has 0 fully saturated rings. The average Bonchev–Trinajstić information content (AvgIpc) is 3.38. The van der Waals surface area contributed by atoms with Gasteiger partial charge in [-0.25, -0.2) is 8.42 Å². The van der Waals surface area contributed by atoms with E-state index < -0.39 is 28.5 Å². The number of hydrogen-bond donors (Lipinski definition) is 1. The molecule has 10 nitrogen and oxygen atoms in total. The number of carbonyl (C=O) groups is 2. The third kappa shape index (κ3) is 7.09. The van der Waals surface area contributed by atoms with Gasteiger partial charge >= 0.3 is 0 Å². The highest BCUT2D eigenvalue weighted by molar-refractivity contribution is 7.92. The summed E-state index contributed by atoms with van der Waals surface area (Å²) in [5.74, 6) is 0.816. The molecule has 0 aliphatic carbocycles. The van der Waals surface area contributed by atoms with Crippen molar-refractivity contribution in [2.24, 2.45) is 5.92 Å². The van der Waals surface area contributed by atoms with Gasteiger partial charge in [0.25, 0.3) is 0 Å². The predicted octanol–water partition coefficient (Wildman–Crippen LogP) is 3.16. The van der Waals surface area contributed by atoms with E-state index >= 15 is 0 Å². The summed E-state index contributed by atoms with van der Waals surface area (Å²) in [5, 5.41) is 2.91. The van der Waals surface area contributed by atoms with Gasteiger partial charge in [-0.05, 0) is 49.1 Å². The predicted molar refractivity (Wildman–Crippen MR) is 145 cm³/mol. The Bertz CT molecular complexity index is 1220. The summed E-state index contributed by atoms with van der Waals surface area (Å²) in [4.78, 5) is 28.5. The Hall–Kier alpha value is -3.47. The van der Waals surface area contributed by atoms with Gasteiger partial charge in [0.15, 0.2) is 11.5 Å². The first-order chi connectivity index (χ1) is 18.1. The van der Waals surface area contributed by atoms with Crippen molar-refractivity contribution in [2.75, 3.05) is 37.1 Å². The van der Waals surface area contributed by atoms with Crippen LogP contribution in [0.1, 0.15) is 39.7 Å². The highest BCUT2D eigenvalue weighted by Gasteiger charge is 2.33. The molecule has 2 amide bonds. The molecular formula is C27H37N3O7S. The smallest absolute Gasteiger partial charge is 0.244 e. The van der Waals surface area contributed by atoms with Gasteiger partial charge < -0.3 is 24.4 Å². The number of hydrogen-bond acceptors (Lipinski definition) is 7. The van der Waals surface area contributed by atoms with E-state index in [2.05, 4.69) is 5.32 Å². The molecule has 38 heavy (non-hydrogen) atoms. The summed E-state index contributed by atoms with van der Waals surface area (Å²) in [6.07, 6.45) is 0.358. The molecule has 0 unspecified atom stereocenters. The maximum Gasteiger partial charge on any atom is 0.244 e. The number of fused-ring (bicyclic) bond motifs is 1. The van der Waals surface area contributed by atoms with E-state index in [1.54, 1.807) is 37.4 Å². The van der Waals surface area contributed by atoms with Crippen LogP contribution >= 0.6 is 0 Å².